The van der Waals surface area contributed by atoms with Gasteiger partial charge < -0.3 is 9.13 Å². The largest absolute Gasteiger partial charge is 0.309 e. The summed E-state index contributed by atoms with van der Waals surface area (Å²) in [4.78, 5) is 0. The molecular formula is C42H18N8. The van der Waals surface area contributed by atoms with Crippen LogP contribution in [0.1, 0.15) is 33.4 Å². The van der Waals surface area contributed by atoms with E-state index in [9.17, 15) is 31.6 Å². The Labute approximate surface area is 285 Å². The lowest BCUT2D eigenvalue weighted by molar-refractivity contribution is 1.13. The highest BCUT2D eigenvalue weighted by Crippen LogP contribution is 2.41. The van der Waals surface area contributed by atoms with Crippen LogP contribution in [0, 0.1) is 68.0 Å². The standard InChI is InChI=1S/C42H18N8/c43-19-25-2-1-3-30(12-25)32-18-41(49-37-8-4-26(20-44)13-33(37)34-14-27(21-45)5-9-38(34)49)31(24-48)17-42(32)50-39-10-6-28(22-46)15-35(39)36-16-29(23-47)7-11-40(36)50/h1-18H. The highest BCUT2D eigenvalue weighted by atomic mass is 15.0. The number of nitriles is 6. The fourth-order valence-electron chi connectivity index (χ4n) is 6.87. The van der Waals surface area contributed by atoms with Gasteiger partial charge in [-0.25, -0.2) is 0 Å². The van der Waals surface area contributed by atoms with Gasteiger partial charge >= 0.3 is 0 Å². The van der Waals surface area contributed by atoms with Crippen molar-refractivity contribution in [3.63, 3.8) is 0 Å². The first kappa shape index (κ1) is 29.3. The Morgan fingerprint density at radius 2 is 0.760 bits per heavy atom. The molecule has 0 aliphatic heterocycles. The highest BCUT2D eigenvalue weighted by Gasteiger charge is 2.22. The average Bonchev–Trinajstić information content (AvgIpc) is 3.67. The Balaban J connectivity index is 1.54. The predicted molar refractivity (Wildman–Crippen MR) is 189 cm³/mol. The molecule has 8 aromatic rings. The molecule has 0 amide bonds. The van der Waals surface area contributed by atoms with Gasteiger partial charge in [0.2, 0.25) is 0 Å². The Morgan fingerprint density at radius 1 is 0.360 bits per heavy atom. The van der Waals surface area contributed by atoms with Crippen molar-refractivity contribution in [1.29, 1.82) is 31.6 Å². The molecule has 8 rings (SSSR count). The van der Waals surface area contributed by atoms with Crippen molar-refractivity contribution in [3.8, 4) is 58.9 Å². The molecule has 0 bridgehead atoms. The first-order valence-electron chi connectivity index (χ1n) is 15.4. The molecule has 0 N–H and O–H groups in total. The molecule has 6 aromatic carbocycles. The van der Waals surface area contributed by atoms with E-state index in [0.717, 1.165) is 54.7 Å². The van der Waals surface area contributed by atoms with Crippen molar-refractivity contribution in [3.05, 3.63) is 143 Å². The summed E-state index contributed by atoms with van der Waals surface area (Å²) in [6.07, 6.45) is 0. The van der Waals surface area contributed by atoms with Gasteiger partial charge in [-0.05, 0) is 103 Å². The minimum absolute atomic E-state index is 0.352. The lowest BCUT2D eigenvalue weighted by atomic mass is 9.98. The fraction of sp³-hybridized carbons (Fsp3) is 0. The number of rotatable bonds is 3. The maximum atomic E-state index is 10.8. The van der Waals surface area contributed by atoms with Crippen LogP contribution >= 0.6 is 0 Å². The fourth-order valence-corrected chi connectivity index (χ4v) is 6.87. The minimum Gasteiger partial charge on any atom is -0.309 e. The molecule has 0 atom stereocenters. The first-order valence-corrected chi connectivity index (χ1v) is 15.4. The minimum atomic E-state index is 0.352. The molecule has 0 aliphatic carbocycles. The maximum absolute atomic E-state index is 10.8. The molecule has 0 unspecified atom stereocenters. The molecule has 2 heterocycles. The number of benzene rings is 6. The first-order chi connectivity index (χ1) is 24.5. The second-order valence-electron chi connectivity index (χ2n) is 11.7. The zero-order valence-electron chi connectivity index (χ0n) is 26.0. The van der Waals surface area contributed by atoms with Crippen LogP contribution in [0.3, 0.4) is 0 Å². The monoisotopic (exact) mass is 634 g/mol. The molecule has 50 heavy (non-hydrogen) atoms. The van der Waals surface area contributed by atoms with E-state index in [1.54, 1.807) is 60.7 Å². The van der Waals surface area contributed by atoms with E-state index in [-0.39, 0.29) is 0 Å². The lowest BCUT2D eigenvalue weighted by Crippen LogP contribution is -2.04. The summed E-state index contributed by atoms with van der Waals surface area (Å²) >= 11 is 0. The van der Waals surface area contributed by atoms with Gasteiger partial charge in [-0.1, -0.05) is 12.1 Å². The number of fused-ring (bicyclic) bond motifs is 6. The van der Waals surface area contributed by atoms with Gasteiger partial charge in [-0.2, -0.15) is 31.6 Å². The van der Waals surface area contributed by atoms with Gasteiger partial charge in [-0.15, -0.1) is 0 Å². The van der Waals surface area contributed by atoms with E-state index < -0.39 is 0 Å². The van der Waals surface area contributed by atoms with Crippen LogP contribution < -0.4 is 0 Å². The zero-order valence-corrected chi connectivity index (χ0v) is 26.0. The highest BCUT2D eigenvalue weighted by molar-refractivity contribution is 6.12. The van der Waals surface area contributed by atoms with Gasteiger partial charge in [0.1, 0.15) is 6.07 Å². The van der Waals surface area contributed by atoms with Crippen LogP contribution in [0.25, 0.3) is 66.1 Å². The van der Waals surface area contributed by atoms with Gasteiger partial charge in [-0.3, -0.25) is 0 Å². The molecule has 226 valence electrons. The molecule has 2 aromatic heterocycles. The van der Waals surface area contributed by atoms with Crippen molar-refractivity contribution in [1.82, 2.24) is 9.13 Å². The van der Waals surface area contributed by atoms with Crippen LogP contribution in [0.15, 0.2) is 109 Å². The summed E-state index contributed by atoms with van der Waals surface area (Å²) < 4.78 is 3.99. The third-order valence-corrected chi connectivity index (χ3v) is 9.07. The third-order valence-electron chi connectivity index (χ3n) is 9.07. The maximum Gasteiger partial charge on any atom is 0.101 e. The second-order valence-corrected chi connectivity index (χ2v) is 11.7. The van der Waals surface area contributed by atoms with E-state index in [0.29, 0.717) is 44.8 Å². The molecule has 0 spiro atoms. The van der Waals surface area contributed by atoms with Gasteiger partial charge in [0, 0.05) is 27.1 Å². The molecule has 0 saturated carbocycles. The van der Waals surface area contributed by atoms with Crippen molar-refractivity contribution in [2.24, 2.45) is 0 Å². The van der Waals surface area contributed by atoms with E-state index in [2.05, 4.69) is 36.4 Å². The van der Waals surface area contributed by atoms with Crippen LogP contribution in [0.4, 0.5) is 0 Å². The number of hydrogen-bond donors (Lipinski definition) is 0. The SMILES string of the molecule is N#Cc1cccc(-c2cc(-n3c4ccc(C#N)cc4c4cc(C#N)ccc43)c(C#N)cc2-n2c3ccc(C#N)cc3c3cc(C#N)ccc32)c1. The summed E-state index contributed by atoms with van der Waals surface area (Å²) in [7, 11) is 0. The number of hydrogen-bond acceptors (Lipinski definition) is 6. The molecule has 8 heteroatoms. The molecule has 0 radical (unpaired) electrons. The topological polar surface area (TPSA) is 153 Å². The van der Waals surface area contributed by atoms with Crippen LogP contribution in [-0.2, 0) is 0 Å². The summed E-state index contributed by atoms with van der Waals surface area (Å²) in [5.74, 6) is 0. The van der Waals surface area contributed by atoms with Crippen LogP contribution in [0.2, 0.25) is 0 Å². The van der Waals surface area contributed by atoms with Gasteiger partial charge in [0.05, 0.1) is 97.2 Å². The van der Waals surface area contributed by atoms with E-state index in [1.165, 1.54) is 0 Å². The molecular weight excluding hydrogens is 617 g/mol. The van der Waals surface area contributed by atoms with E-state index >= 15 is 0 Å². The summed E-state index contributed by atoms with van der Waals surface area (Å²) in [6.45, 7) is 0. The summed E-state index contributed by atoms with van der Waals surface area (Å²) in [5.41, 5.74) is 8.43. The van der Waals surface area contributed by atoms with Crippen LogP contribution in [0.5, 0.6) is 0 Å². The lowest BCUT2D eigenvalue weighted by Gasteiger charge is -2.19. The normalized spacial score (nSPS) is 10.7. The second kappa shape index (κ2) is 11.3. The Morgan fingerprint density at radius 3 is 1.16 bits per heavy atom. The Kier molecular flexibility index (Phi) is 6.60. The quantitative estimate of drug-likeness (QED) is 0.189. The third kappa shape index (κ3) is 4.33. The molecule has 8 nitrogen and oxygen atoms in total. The van der Waals surface area contributed by atoms with Crippen molar-refractivity contribution in [2.75, 3.05) is 0 Å². The summed E-state index contributed by atoms with van der Waals surface area (Å²) in [6, 6.07) is 46.0. The Hall–Kier alpha value is -8.14. The predicted octanol–water partition coefficient (Wildman–Crippen LogP) is 8.78. The number of nitrogens with zero attached hydrogens (tertiary/aromatic N) is 8. The number of aromatic nitrogens is 2. The summed E-state index contributed by atoms with van der Waals surface area (Å²) in [5, 5.41) is 62.6. The molecule has 0 saturated heterocycles. The van der Waals surface area contributed by atoms with E-state index in [1.807, 2.05) is 57.7 Å². The molecule has 0 fully saturated rings. The van der Waals surface area contributed by atoms with Crippen molar-refractivity contribution >= 4 is 43.6 Å². The van der Waals surface area contributed by atoms with E-state index in [4.69, 9.17) is 0 Å². The van der Waals surface area contributed by atoms with Crippen molar-refractivity contribution < 1.29 is 0 Å². The smallest absolute Gasteiger partial charge is 0.101 e. The van der Waals surface area contributed by atoms with Gasteiger partial charge in [0.25, 0.3) is 0 Å². The zero-order chi connectivity index (χ0) is 34.5. The van der Waals surface area contributed by atoms with Crippen molar-refractivity contribution in [2.45, 2.75) is 0 Å². The van der Waals surface area contributed by atoms with Gasteiger partial charge in [0.15, 0.2) is 0 Å². The Bertz CT molecular complexity index is 2920. The van der Waals surface area contributed by atoms with Crippen LogP contribution in [-0.4, -0.2) is 9.13 Å². The average molecular weight is 635 g/mol. The molecule has 0 aliphatic rings.